The van der Waals surface area contributed by atoms with Crippen LogP contribution < -0.4 is 5.56 Å². The van der Waals surface area contributed by atoms with Gasteiger partial charge < -0.3 is 4.98 Å². The zero-order chi connectivity index (χ0) is 14.3. The lowest BCUT2D eigenvalue weighted by Gasteiger charge is -2.32. The molecule has 20 heavy (non-hydrogen) atoms. The van der Waals surface area contributed by atoms with E-state index in [1.807, 2.05) is 13.8 Å². The largest absolute Gasteiger partial charge is 0.309 e. The second kappa shape index (κ2) is 5.30. The quantitative estimate of drug-likeness (QED) is 0.925. The van der Waals surface area contributed by atoms with Crippen molar-refractivity contribution in [2.24, 2.45) is 0 Å². The number of nitrogens with one attached hydrogen (secondary N) is 1. The molecule has 1 aliphatic heterocycles. The van der Waals surface area contributed by atoms with Crippen LogP contribution in [0.1, 0.15) is 42.5 Å². The maximum atomic E-state index is 12.2. The zero-order valence-electron chi connectivity index (χ0n) is 12.3. The Balaban J connectivity index is 1.94. The molecule has 5 heteroatoms. The van der Waals surface area contributed by atoms with Gasteiger partial charge in [0, 0.05) is 10.9 Å². The standard InChI is InChI=1S/C15H21N3OS/c1-9-6-4-5-7-18(9)8-12-16-14(19)13-10(2)11(3)20-15(13)17-12/h9H,4-8H2,1-3H3,(H,16,17,19)/t9-/m0/s1. The number of piperidine rings is 1. The van der Waals surface area contributed by atoms with Crippen LogP contribution in [0.2, 0.25) is 0 Å². The highest BCUT2D eigenvalue weighted by molar-refractivity contribution is 7.18. The summed E-state index contributed by atoms with van der Waals surface area (Å²) < 4.78 is 0. The van der Waals surface area contributed by atoms with Crippen molar-refractivity contribution >= 4 is 21.6 Å². The number of fused-ring (bicyclic) bond motifs is 1. The van der Waals surface area contributed by atoms with E-state index in [1.54, 1.807) is 11.3 Å². The SMILES string of the molecule is Cc1sc2nc(CN3CCCC[C@@H]3C)[nH]c(=O)c2c1C. The lowest BCUT2D eigenvalue weighted by atomic mass is 10.0. The van der Waals surface area contributed by atoms with Gasteiger partial charge in [0.15, 0.2) is 0 Å². The summed E-state index contributed by atoms with van der Waals surface area (Å²) in [5.41, 5.74) is 1.08. The van der Waals surface area contributed by atoms with Crippen molar-refractivity contribution in [3.8, 4) is 0 Å². The van der Waals surface area contributed by atoms with E-state index in [0.29, 0.717) is 6.04 Å². The molecule has 4 nitrogen and oxygen atoms in total. The first-order chi connectivity index (χ1) is 9.56. The molecule has 1 saturated heterocycles. The van der Waals surface area contributed by atoms with Gasteiger partial charge in [0.05, 0.1) is 11.9 Å². The van der Waals surface area contributed by atoms with Gasteiger partial charge in [0.2, 0.25) is 0 Å². The normalized spacial score (nSPS) is 20.6. The van der Waals surface area contributed by atoms with Crippen LogP contribution in [0, 0.1) is 13.8 Å². The first-order valence-corrected chi connectivity index (χ1v) is 8.11. The van der Waals surface area contributed by atoms with Crippen LogP contribution in [-0.4, -0.2) is 27.5 Å². The van der Waals surface area contributed by atoms with Gasteiger partial charge in [-0.25, -0.2) is 4.98 Å². The molecule has 1 atom stereocenters. The van der Waals surface area contributed by atoms with Crippen LogP contribution in [-0.2, 0) is 6.54 Å². The number of aryl methyl sites for hydroxylation is 2. The molecule has 1 N–H and O–H groups in total. The van der Waals surface area contributed by atoms with Crippen molar-refractivity contribution in [1.29, 1.82) is 0 Å². The van der Waals surface area contributed by atoms with Gasteiger partial charge in [-0.15, -0.1) is 11.3 Å². The molecule has 3 heterocycles. The molecule has 0 saturated carbocycles. The van der Waals surface area contributed by atoms with Gasteiger partial charge in [-0.05, 0) is 45.7 Å². The van der Waals surface area contributed by atoms with Gasteiger partial charge in [-0.3, -0.25) is 9.69 Å². The zero-order valence-corrected chi connectivity index (χ0v) is 13.1. The van der Waals surface area contributed by atoms with E-state index in [4.69, 9.17) is 0 Å². The van der Waals surface area contributed by atoms with E-state index < -0.39 is 0 Å². The van der Waals surface area contributed by atoms with E-state index in [2.05, 4.69) is 21.8 Å². The smallest absolute Gasteiger partial charge is 0.259 e. The van der Waals surface area contributed by atoms with Crippen LogP contribution in [0.3, 0.4) is 0 Å². The molecular formula is C15H21N3OS. The Hall–Kier alpha value is -1.20. The minimum atomic E-state index is 0.0107. The predicted octanol–water partition coefficient (Wildman–Crippen LogP) is 2.98. The number of likely N-dealkylation sites (tertiary alicyclic amines) is 1. The maximum Gasteiger partial charge on any atom is 0.259 e. The summed E-state index contributed by atoms with van der Waals surface area (Å²) in [5, 5.41) is 0.767. The highest BCUT2D eigenvalue weighted by Gasteiger charge is 2.20. The third kappa shape index (κ3) is 2.40. The van der Waals surface area contributed by atoms with E-state index in [1.165, 1.54) is 24.1 Å². The Morgan fingerprint density at radius 3 is 2.95 bits per heavy atom. The minimum Gasteiger partial charge on any atom is -0.309 e. The van der Waals surface area contributed by atoms with Crippen LogP contribution in [0.15, 0.2) is 4.79 Å². The number of aromatic nitrogens is 2. The Kier molecular flexibility index (Phi) is 3.65. The Morgan fingerprint density at radius 2 is 2.20 bits per heavy atom. The molecule has 1 aliphatic rings. The summed E-state index contributed by atoms with van der Waals surface area (Å²) >= 11 is 1.62. The second-order valence-electron chi connectivity index (χ2n) is 5.79. The fourth-order valence-corrected chi connectivity index (χ4v) is 4.01. The summed E-state index contributed by atoms with van der Waals surface area (Å²) in [7, 11) is 0. The molecule has 2 aromatic rings. The topological polar surface area (TPSA) is 49.0 Å². The number of hydrogen-bond acceptors (Lipinski definition) is 4. The van der Waals surface area contributed by atoms with E-state index in [9.17, 15) is 4.79 Å². The van der Waals surface area contributed by atoms with Crippen molar-refractivity contribution in [3.05, 3.63) is 26.6 Å². The molecule has 0 bridgehead atoms. The van der Waals surface area contributed by atoms with E-state index >= 15 is 0 Å². The van der Waals surface area contributed by atoms with Gasteiger partial charge in [0.1, 0.15) is 10.7 Å². The number of nitrogens with zero attached hydrogens (tertiary/aromatic N) is 2. The third-order valence-electron chi connectivity index (χ3n) is 4.38. The highest BCUT2D eigenvalue weighted by Crippen LogP contribution is 2.26. The van der Waals surface area contributed by atoms with Crippen LogP contribution >= 0.6 is 11.3 Å². The molecule has 1 fully saturated rings. The van der Waals surface area contributed by atoms with Gasteiger partial charge >= 0.3 is 0 Å². The van der Waals surface area contributed by atoms with Crippen LogP contribution in [0.5, 0.6) is 0 Å². The van der Waals surface area contributed by atoms with Crippen LogP contribution in [0.4, 0.5) is 0 Å². The minimum absolute atomic E-state index is 0.0107. The first-order valence-electron chi connectivity index (χ1n) is 7.29. The molecule has 0 unspecified atom stereocenters. The van der Waals surface area contributed by atoms with Crippen molar-refractivity contribution in [2.45, 2.75) is 52.6 Å². The fourth-order valence-electron chi connectivity index (χ4n) is 2.96. The molecule has 0 aliphatic carbocycles. The first kappa shape index (κ1) is 13.8. The van der Waals surface area contributed by atoms with E-state index in [-0.39, 0.29) is 5.56 Å². The molecule has 2 aromatic heterocycles. The Labute approximate surface area is 122 Å². The Bertz CT molecular complexity index is 688. The lowest BCUT2D eigenvalue weighted by molar-refractivity contribution is 0.149. The van der Waals surface area contributed by atoms with Crippen molar-refractivity contribution in [3.63, 3.8) is 0 Å². The summed E-state index contributed by atoms with van der Waals surface area (Å²) in [4.78, 5) is 24.4. The van der Waals surface area contributed by atoms with Crippen molar-refractivity contribution < 1.29 is 0 Å². The summed E-state index contributed by atoms with van der Waals surface area (Å²) in [6, 6.07) is 0.580. The lowest BCUT2D eigenvalue weighted by Crippen LogP contribution is -2.37. The average molecular weight is 291 g/mol. The summed E-state index contributed by atoms with van der Waals surface area (Å²) in [6.07, 6.45) is 3.79. The Morgan fingerprint density at radius 1 is 1.40 bits per heavy atom. The monoisotopic (exact) mass is 291 g/mol. The predicted molar refractivity (Wildman–Crippen MR) is 83.4 cm³/mol. The molecule has 108 valence electrons. The van der Waals surface area contributed by atoms with Crippen molar-refractivity contribution in [1.82, 2.24) is 14.9 Å². The number of rotatable bonds is 2. The number of thiophene rings is 1. The molecule has 0 radical (unpaired) electrons. The van der Waals surface area contributed by atoms with Gasteiger partial charge in [0.25, 0.3) is 5.56 Å². The van der Waals surface area contributed by atoms with E-state index in [0.717, 1.165) is 34.7 Å². The summed E-state index contributed by atoms with van der Waals surface area (Å²) in [5.74, 6) is 0.803. The van der Waals surface area contributed by atoms with Gasteiger partial charge in [-0.1, -0.05) is 6.42 Å². The van der Waals surface area contributed by atoms with Gasteiger partial charge in [-0.2, -0.15) is 0 Å². The highest BCUT2D eigenvalue weighted by atomic mass is 32.1. The number of H-pyrrole nitrogens is 1. The van der Waals surface area contributed by atoms with Crippen molar-refractivity contribution in [2.75, 3.05) is 6.54 Å². The molecule has 0 spiro atoms. The molecule has 0 aromatic carbocycles. The summed E-state index contributed by atoms with van der Waals surface area (Å²) in [6.45, 7) is 8.16. The molecule has 3 rings (SSSR count). The number of aromatic amines is 1. The molecule has 0 amide bonds. The van der Waals surface area contributed by atoms with Crippen LogP contribution in [0.25, 0.3) is 10.2 Å². The maximum absolute atomic E-state index is 12.2. The fraction of sp³-hybridized carbons (Fsp3) is 0.600. The second-order valence-corrected chi connectivity index (χ2v) is 6.99. The number of hydrogen-bond donors (Lipinski definition) is 1. The third-order valence-corrected chi connectivity index (χ3v) is 5.48. The average Bonchev–Trinajstić information content (AvgIpc) is 2.68. The molecular weight excluding hydrogens is 270 g/mol.